The summed E-state index contributed by atoms with van der Waals surface area (Å²) in [6.45, 7) is 4.21. The summed E-state index contributed by atoms with van der Waals surface area (Å²) < 4.78 is 1.92. The average molecular weight is 344 g/mol. The van der Waals surface area contributed by atoms with E-state index in [4.69, 9.17) is 0 Å². The number of urea groups is 1. The zero-order chi connectivity index (χ0) is 16.9. The molecule has 1 aliphatic heterocycles. The van der Waals surface area contributed by atoms with E-state index in [1.165, 1.54) is 10.5 Å². The van der Waals surface area contributed by atoms with Crippen LogP contribution in [0.4, 0.5) is 4.79 Å². The van der Waals surface area contributed by atoms with Crippen molar-refractivity contribution in [3.05, 3.63) is 48.0 Å². The Kier molecular flexibility index (Phi) is 5.45. The summed E-state index contributed by atoms with van der Waals surface area (Å²) in [5, 5.41) is 3.55. The Hall–Kier alpha value is -1.95. The van der Waals surface area contributed by atoms with E-state index in [9.17, 15) is 4.79 Å². The number of nitrogens with zero attached hydrogens (tertiary/aromatic N) is 3. The lowest BCUT2D eigenvalue weighted by Gasteiger charge is -2.31. The summed E-state index contributed by atoms with van der Waals surface area (Å²) in [4.78, 5) is 19.7. The van der Waals surface area contributed by atoms with Crippen molar-refractivity contribution in [2.45, 2.75) is 36.5 Å². The number of hydrogen-bond acceptors (Lipinski definition) is 3. The molecule has 5 nitrogen and oxygen atoms in total. The fraction of sp³-hybridized carbons (Fsp3) is 0.444. The molecule has 2 amide bonds. The highest BCUT2D eigenvalue weighted by Crippen LogP contribution is 2.30. The highest BCUT2D eigenvalue weighted by molar-refractivity contribution is 8.00. The number of thioether (sulfide) groups is 1. The van der Waals surface area contributed by atoms with Crippen LogP contribution in [-0.4, -0.2) is 38.8 Å². The van der Waals surface area contributed by atoms with Gasteiger partial charge in [0.25, 0.3) is 0 Å². The van der Waals surface area contributed by atoms with E-state index in [2.05, 4.69) is 41.5 Å². The van der Waals surface area contributed by atoms with Gasteiger partial charge in [0.2, 0.25) is 0 Å². The van der Waals surface area contributed by atoms with E-state index in [0.717, 1.165) is 31.8 Å². The molecule has 0 saturated carbocycles. The largest absolute Gasteiger partial charge is 0.337 e. The Bertz CT molecular complexity index is 675. The summed E-state index contributed by atoms with van der Waals surface area (Å²) in [5.74, 6) is 0.869. The first-order chi connectivity index (χ1) is 11.6. The predicted octanol–water partition coefficient (Wildman–Crippen LogP) is 3.19. The first-order valence-electron chi connectivity index (χ1n) is 8.34. The highest BCUT2D eigenvalue weighted by Gasteiger charge is 2.23. The van der Waals surface area contributed by atoms with Crippen molar-refractivity contribution in [2.24, 2.45) is 7.05 Å². The third-order valence-electron chi connectivity index (χ3n) is 4.37. The van der Waals surface area contributed by atoms with Crippen LogP contribution in [0.3, 0.4) is 0 Å². The zero-order valence-corrected chi connectivity index (χ0v) is 15.1. The number of rotatable bonds is 4. The molecule has 2 heterocycles. The molecule has 0 bridgehead atoms. The molecule has 24 heavy (non-hydrogen) atoms. The van der Waals surface area contributed by atoms with Crippen LogP contribution in [0.2, 0.25) is 0 Å². The second-order valence-electron chi connectivity index (χ2n) is 6.23. The Balaban J connectivity index is 1.43. The fourth-order valence-electron chi connectivity index (χ4n) is 2.82. The first kappa shape index (κ1) is 16.9. The molecule has 1 fully saturated rings. The third kappa shape index (κ3) is 4.32. The standard InChI is InChI=1S/C18H24N4OS/c1-14-3-5-15(6-4-14)24-16-7-10-22(11-8-16)18(23)20-13-17-19-9-12-21(17)2/h3-6,9,12,16H,7-8,10-11,13H2,1-2H3,(H,20,23). The molecule has 0 unspecified atom stereocenters. The van der Waals surface area contributed by atoms with Crippen molar-refractivity contribution in [1.29, 1.82) is 0 Å². The first-order valence-corrected chi connectivity index (χ1v) is 9.22. The maximum absolute atomic E-state index is 12.3. The Morgan fingerprint density at radius 2 is 2.00 bits per heavy atom. The molecule has 6 heteroatoms. The Morgan fingerprint density at radius 3 is 2.62 bits per heavy atom. The van der Waals surface area contributed by atoms with Crippen molar-refractivity contribution in [1.82, 2.24) is 19.8 Å². The second-order valence-corrected chi connectivity index (χ2v) is 7.60. The van der Waals surface area contributed by atoms with Gasteiger partial charge in [0.05, 0.1) is 6.54 Å². The number of nitrogens with one attached hydrogen (secondary N) is 1. The quantitative estimate of drug-likeness (QED) is 0.927. The Labute approximate surface area is 147 Å². The van der Waals surface area contributed by atoms with Gasteiger partial charge in [-0.05, 0) is 31.9 Å². The van der Waals surface area contributed by atoms with Gasteiger partial charge in [0.1, 0.15) is 5.82 Å². The number of amides is 2. The number of carbonyl (C=O) groups excluding carboxylic acids is 1. The van der Waals surface area contributed by atoms with Gasteiger partial charge < -0.3 is 14.8 Å². The van der Waals surface area contributed by atoms with Crippen LogP contribution in [0, 0.1) is 6.92 Å². The molecular formula is C18H24N4OS. The minimum absolute atomic E-state index is 0.0109. The van der Waals surface area contributed by atoms with Gasteiger partial charge >= 0.3 is 6.03 Å². The summed E-state index contributed by atoms with van der Waals surface area (Å²) in [5.41, 5.74) is 1.29. The lowest BCUT2D eigenvalue weighted by atomic mass is 10.1. The number of benzene rings is 1. The van der Waals surface area contributed by atoms with Crippen LogP contribution in [0.15, 0.2) is 41.6 Å². The summed E-state index contributed by atoms with van der Waals surface area (Å²) >= 11 is 1.93. The van der Waals surface area contributed by atoms with Crippen LogP contribution in [0.5, 0.6) is 0 Å². The monoisotopic (exact) mass is 344 g/mol. The van der Waals surface area contributed by atoms with Crippen molar-refractivity contribution in [3.63, 3.8) is 0 Å². The molecule has 3 rings (SSSR count). The van der Waals surface area contributed by atoms with Gasteiger partial charge in [-0.25, -0.2) is 9.78 Å². The smallest absolute Gasteiger partial charge is 0.317 e. The van der Waals surface area contributed by atoms with Crippen molar-refractivity contribution in [2.75, 3.05) is 13.1 Å². The van der Waals surface area contributed by atoms with Gasteiger partial charge in [-0.2, -0.15) is 0 Å². The molecule has 1 aromatic carbocycles. The van der Waals surface area contributed by atoms with Crippen LogP contribution < -0.4 is 5.32 Å². The molecule has 0 atom stereocenters. The minimum atomic E-state index is 0.0109. The van der Waals surface area contributed by atoms with Gasteiger partial charge in [0, 0.05) is 42.7 Å². The number of aromatic nitrogens is 2. The topological polar surface area (TPSA) is 50.2 Å². The molecule has 0 radical (unpaired) electrons. The Morgan fingerprint density at radius 1 is 1.29 bits per heavy atom. The molecule has 1 saturated heterocycles. The van der Waals surface area contributed by atoms with E-state index >= 15 is 0 Å². The SMILES string of the molecule is Cc1ccc(SC2CCN(C(=O)NCc3nccn3C)CC2)cc1. The molecule has 1 aromatic heterocycles. The number of hydrogen-bond donors (Lipinski definition) is 1. The van der Waals surface area contributed by atoms with E-state index < -0.39 is 0 Å². The highest BCUT2D eigenvalue weighted by atomic mass is 32.2. The summed E-state index contributed by atoms with van der Waals surface area (Å²) in [6.07, 6.45) is 5.70. The molecule has 0 spiro atoms. The van der Waals surface area contributed by atoms with Crippen LogP contribution in [0.25, 0.3) is 0 Å². The van der Waals surface area contributed by atoms with E-state index in [1.54, 1.807) is 6.20 Å². The fourth-order valence-corrected chi connectivity index (χ4v) is 3.94. The normalized spacial score (nSPS) is 15.5. The number of carbonyl (C=O) groups is 1. The van der Waals surface area contributed by atoms with Gasteiger partial charge in [-0.3, -0.25) is 0 Å². The number of likely N-dealkylation sites (tertiary alicyclic amines) is 1. The zero-order valence-electron chi connectivity index (χ0n) is 14.2. The molecule has 1 aliphatic rings. The van der Waals surface area contributed by atoms with E-state index in [0.29, 0.717) is 11.8 Å². The molecule has 128 valence electrons. The van der Waals surface area contributed by atoms with Gasteiger partial charge in [0.15, 0.2) is 0 Å². The van der Waals surface area contributed by atoms with Crippen molar-refractivity contribution >= 4 is 17.8 Å². The van der Waals surface area contributed by atoms with Crippen LogP contribution in [0.1, 0.15) is 24.2 Å². The van der Waals surface area contributed by atoms with Crippen molar-refractivity contribution in [3.8, 4) is 0 Å². The van der Waals surface area contributed by atoms with E-state index in [-0.39, 0.29) is 6.03 Å². The van der Waals surface area contributed by atoms with Gasteiger partial charge in [-0.15, -0.1) is 11.8 Å². The summed E-state index contributed by atoms with van der Waals surface area (Å²) in [7, 11) is 1.93. The van der Waals surface area contributed by atoms with Gasteiger partial charge in [-0.1, -0.05) is 17.7 Å². The molecule has 2 aromatic rings. The molecule has 1 N–H and O–H groups in total. The number of piperidine rings is 1. The van der Waals surface area contributed by atoms with Crippen molar-refractivity contribution < 1.29 is 4.79 Å². The lowest BCUT2D eigenvalue weighted by Crippen LogP contribution is -2.45. The van der Waals surface area contributed by atoms with Crippen LogP contribution >= 0.6 is 11.8 Å². The summed E-state index contributed by atoms with van der Waals surface area (Å²) in [6, 6.07) is 8.69. The van der Waals surface area contributed by atoms with Crippen LogP contribution in [-0.2, 0) is 13.6 Å². The number of imidazole rings is 1. The average Bonchev–Trinajstić information content (AvgIpc) is 3.00. The number of aryl methyl sites for hydroxylation is 2. The molecule has 0 aliphatic carbocycles. The minimum Gasteiger partial charge on any atom is -0.337 e. The maximum Gasteiger partial charge on any atom is 0.317 e. The second kappa shape index (κ2) is 7.75. The van der Waals surface area contributed by atoms with E-state index in [1.807, 2.05) is 34.5 Å². The predicted molar refractivity (Wildman–Crippen MR) is 97.1 cm³/mol. The third-order valence-corrected chi connectivity index (χ3v) is 5.72. The maximum atomic E-state index is 12.3. The lowest BCUT2D eigenvalue weighted by molar-refractivity contribution is 0.187. The molecular weight excluding hydrogens is 320 g/mol.